The van der Waals surface area contributed by atoms with Gasteiger partial charge in [0.15, 0.2) is 0 Å². The summed E-state index contributed by atoms with van der Waals surface area (Å²) in [7, 11) is 0. The van der Waals surface area contributed by atoms with E-state index in [0.717, 1.165) is 13.1 Å². The van der Waals surface area contributed by atoms with Crippen molar-refractivity contribution in [3.8, 4) is 6.01 Å². The summed E-state index contributed by atoms with van der Waals surface area (Å²) in [6.07, 6.45) is 1.41. The average molecular weight is 406 g/mol. The van der Waals surface area contributed by atoms with E-state index in [2.05, 4.69) is 9.88 Å². The molecule has 2 aliphatic rings. The number of hydrogen-bond acceptors (Lipinski definition) is 6. The Kier molecular flexibility index (Phi) is 4.72. The summed E-state index contributed by atoms with van der Waals surface area (Å²) >= 11 is 5.88. The molecule has 0 radical (unpaired) electrons. The minimum atomic E-state index is -0.525. The maximum atomic E-state index is 12.6. The van der Waals surface area contributed by atoms with Crippen LogP contribution in [0.1, 0.15) is 17.3 Å². The van der Waals surface area contributed by atoms with Crippen LogP contribution in [0.2, 0.25) is 5.02 Å². The van der Waals surface area contributed by atoms with Gasteiger partial charge in [0, 0.05) is 48.3 Å². The zero-order chi connectivity index (χ0) is 19.9. The van der Waals surface area contributed by atoms with Crippen molar-refractivity contribution in [1.29, 1.82) is 0 Å². The third kappa shape index (κ3) is 3.67. The predicted octanol–water partition coefficient (Wildman–Crippen LogP) is 2.05. The van der Waals surface area contributed by atoms with Crippen LogP contribution in [0.15, 0.2) is 30.5 Å². The van der Waals surface area contributed by atoms with Crippen molar-refractivity contribution in [3.05, 3.63) is 51.2 Å². The van der Waals surface area contributed by atoms with Crippen LogP contribution in [0.25, 0.3) is 0 Å². The minimum Gasteiger partial charge on any atom is -0.436 e. The number of hydrogen-bond donors (Lipinski definition) is 0. The third-order valence-electron chi connectivity index (χ3n) is 5.07. The van der Waals surface area contributed by atoms with Crippen molar-refractivity contribution in [3.63, 3.8) is 0 Å². The molecule has 1 amide bonds. The van der Waals surface area contributed by atoms with Crippen LogP contribution in [0.5, 0.6) is 6.01 Å². The van der Waals surface area contributed by atoms with Crippen LogP contribution >= 0.6 is 11.6 Å². The highest BCUT2D eigenvalue weighted by Gasteiger charge is 2.42. The number of halogens is 1. The summed E-state index contributed by atoms with van der Waals surface area (Å²) in [4.78, 5) is 30.9. The highest BCUT2D eigenvalue weighted by molar-refractivity contribution is 6.30. The lowest BCUT2D eigenvalue weighted by molar-refractivity contribution is -0.389. The molecule has 0 spiro atoms. The van der Waals surface area contributed by atoms with Gasteiger partial charge < -0.3 is 19.8 Å². The van der Waals surface area contributed by atoms with Gasteiger partial charge in [-0.2, -0.15) is 0 Å². The van der Waals surface area contributed by atoms with Crippen molar-refractivity contribution in [1.82, 2.24) is 19.4 Å². The minimum absolute atomic E-state index is 0.00657. The zero-order valence-electron chi connectivity index (χ0n) is 15.4. The fourth-order valence-corrected chi connectivity index (χ4v) is 3.85. The molecule has 1 aromatic heterocycles. The van der Waals surface area contributed by atoms with Crippen LogP contribution in [0, 0.1) is 10.1 Å². The Labute approximate surface area is 166 Å². The third-order valence-corrected chi connectivity index (χ3v) is 5.32. The molecule has 1 unspecified atom stereocenters. The normalized spacial score (nSPS) is 22.0. The first-order valence-corrected chi connectivity index (χ1v) is 9.39. The van der Waals surface area contributed by atoms with Crippen molar-refractivity contribution >= 4 is 23.3 Å². The van der Waals surface area contributed by atoms with E-state index in [4.69, 9.17) is 16.3 Å². The molecule has 9 nitrogen and oxygen atoms in total. The number of rotatable bonds is 4. The number of imidazole rings is 1. The first kappa shape index (κ1) is 18.7. The second-order valence-electron chi connectivity index (χ2n) is 7.39. The van der Waals surface area contributed by atoms with Crippen LogP contribution in [0.3, 0.4) is 0 Å². The van der Waals surface area contributed by atoms with Gasteiger partial charge in [0.05, 0.1) is 6.54 Å². The van der Waals surface area contributed by atoms with E-state index < -0.39 is 10.5 Å². The SMILES string of the molecule is CC1(CN2CCN(C(=O)c3ccc(Cl)cc3)CC2)Cn2cc([N+](=O)[O-])nc2O1. The highest BCUT2D eigenvalue weighted by atomic mass is 35.5. The fraction of sp³-hybridized carbons (Fsp3) is 0.444. The van der Waals surface area contributed by atoms with Crippen LogP contribution in [-0.2, 0) is 6.54 Å². The highest BCUT2D eigenvalue weighted by Crippen LogP contribution is 2.31. The monoisotopic (exact) mass is 405 g/mol. The van der Waals surface area contributed by atoms with Gasteiger partial charge >= 0.3 is 11.8 Å². The van der Waals surface area contributed by atoms with Crippen molar-refractivity contribution in [2.24, 2.45) is 0 Å². The molecule has 0 aliphatic carbocycles. The Morgan fingerprint density at radius 3 is 2.57 bits per heavy atom. The Morgan fingerprint density at radius 1 is 1.29 bits per heavy atom. The Morgan fingerprint density at radius 2 is 1.96 bits per heavy atom. The second-order valence-corrected chi connectivity index (χ2v) is 7.83. The number of nitrogens with zero attached hydrogens (tertiary/aromatic N) is 5. The molecule has 1 saturated heterocycles. The quantitative estimate of drug-likeness (QED) is 0.571. The Balaban J connectivity index is 1.32. The molecule has 148 valence electrons. The maximum absolute atomic E-state index is 12.6. The number of amides is 1. The topological polar surface area (TPSA) is 93.7 Å². The van der Waals surface area contributed by atoms with E-state index in [1.165, 1.54) is 6.20 Å². The summed E-state index contributed by atoms with van der Waals surface area (Å²) in [5, 5.41) is 11.4. The molecule has 1 aromatic carbocycles. The average Bonchev–Trinajstić information content (AvgIpc) is 3.17. The number of fused-ring (bicyclic) bond motifs is 1. The van der Waals surface area contributed by atoms with E-state index in [0.29, 0.717) is 36.8 Å². The van der Waals surface area contributed by atoms with E-state index in [-0.39, 0.29) is 17.7 Å². The molecule has 3 heterocycles. The van der Waals surface area contributed by atoms with Gasteiger partial charge in [-0.25, -0.2) is 0 Å². The predicted molar refractivity (Wildman–Crippen MR) is 102 cm³/mol. The fourth-order valence-electron chi connectivity index (χ4n) is 3.72. The van der Waals surface area contributed by atoms with Crippen LogP contribution < -0.4 is 4.74 Å². The number of ether oxygens (including phenoxy) is 1. The van der Waals surface area contributed by atoms with Crippen LogP contribution in [-0.4, -0.2) is 68.5 Å². The Bertz CT molecular complexity index is 882. The molecule has 28 heavy (non-hydrogen) atoms. The molecular weight excluding hydrogens is 386 g/mol. The smallest absolute Gasteiger partial charge is 0.415 e. The summed E-state index contributed by atoms with van der Waals surface area (Å²) in [5.41, 5.74) is 0.135. The van der Waals surface area contributed by atoms with Crippen LogP contribution in [0.4, 0.5) is 5.82 Å². The van der Waals surface area contributed by atoms with Gasteiger partial charge in [-0.1, -0.05) is 11.6 Å². The summed E-state index contributed by atoms with van der Waals surface area (Å²) in [6, 6.07) is 7.20. The van der Waals surface area contributed by atoms with E-state index in [1.807, 2.05) is 11.8 Å². The molecule has 0 saturated carbocycles. The van der Waals surface area contributed by atoms with Gasteiger partial charge in [0.2, 0.25) is 0 Å². The standard InChI is InChI=1S/C18H20ClN5O4/c1-18(12-23-10-15(24(26)27)20-17(23)28-18)11-21-6-8-22(9-7-21)16(25)13-2-4-14(19)5-3-13/h2-5,10H,6-9,11-12H2,1H3. The Hall–Kier alpha value is -2.65. The lowest BCUT2D eigenvalue weighted by Crippen LogP contribution is -2.53. The summed E-state index contributed by atoms with van der Waals surface area (Å²) in [6.45, 7) is 5.88. The molecule has 2 aliphatic heterocycles. The summed E-state index contributed by atoms with van der Waals surface area (Å²) < 4.78 is 7.57. The molecule has 4 rings (SSSR count). The largest absolute Gasteiger partial charge is 0.436 e. The van der Waals surface area contributed by atoms with Crippen molar-refractivity contribution < 1.29 is 14.5 Å². The molecule has 1 atom stereocenters. The first-order valence-electron chi connectivity index (χ1n) is 9.01. The maximum Gasteiger partial charge on any atom is 0.415 e. The second kappa shape index (κ2) is 7.06. The lowest BCUT2D eigenvalue weighted by Gasteiger charge is -2.38. The number of piperazine rings is 1. The van der Waals surface area contributed by atoms with Gasteiger partial charge in [-0.05, 0) is 36.1 Å². The molecule has 1 fully saturated rings. The number of carbonyl (C=O) groups is 1. The zero-order valence-corrected chi connectivity index (χ0v) is 16.1. The van der Waals surface area contributed by atoms with Crippen molar-refractivity contribution in [2.45, 2.75) is 19.1 Å². The van der Waals surface area contributed by atoms with E-state index in [9.17, 15) is 14.9 Å². The lowest BCUT2D eigenvalue weighted by atomic mass is 10.1. The number of aromatic nitrogens is 2. The van der Waals surface area contributed by atoms with E-state index >= 15 is 0 Å². The molecule has 10 heteroatoms. The number of nitro groups is 1. The number of benzene rings is 1. The molecule has 0 N–H and O–H groups in total. The first-order chi connectivity index (χ1) is 13.3. The van der Waals surface area contributed by atoms with Gasteiger partial charge in [-0.15, -0.1) is 0 Å². The van der Waals surface area contributed by atoms with E-state index in [1.54, 1.807) is 28.8 Å². The van der Waals surface area contributed by atoms with Gasteiger partial charge in [-0.3, -0.25) is 14.3 Å². The summed E-state index contributed by atoms with van der Waals surface area (Å²) in [5.74, 6) is -0.196. The van der Waals surface area contributed by atoms with Gasteiger partial charge in [0.1, 0.15) is 11.8 Å². The molecular formula is C18H20ClN5O4. The molecule has 2 aromatic rings. The molecule has 0 bridgehead atoms. The van der Waals surface area contributed by atoms with Crippen molar-refractivity contribution in [2.75, 3.05) is 32.7 Å². The van der Waals surface area contributed by atoms with Gasteiger partial charge in [0.25, 0.3) is 5.91 Å². The number of carbonyl (C=O) groups excluding carboxylic acids is 1.